The zero-order valence-corrected chi connectivity index (χ0v) is 7.38. The normalized spacial score (nSPS) is 23.5. The summed E-state index contributed by atoms with van der Waals surface area (Å²) in [5.74, 6) is 0. The van der Waals surface area contributed by atoms with Crippen LogP contribution in [0, 0.1) is 0 Å². The summed E-state index contributed by atoms with van der Waals surface area (Å²) in [7, 11) is 0. The van der Waals surface area contributed by atoms with E-state index in [0.717, 1.165) is 6.61 Å². The Balaban J connectivity index is 2.05. The molecule has 1 rings (SSSR count). The molecule has 1 aliphatic rings. The van der Waals surface area contributed by atoms with Gasteiger partial charge in [0.2, 0.25) is 0 Å². The van der Waals surface area contributed by atoms with Crippen LogP contribution in [0.25, 0.3) is 0 Å². The maximum absolute atomic E-state index is 5.62. The van der Waals surface area contributed by atoms with Crippen molar-refractivity contribution >= 4 is 0 Å². The molecule has 1 saturated carbocycles. The van der Waals surface area contributed by atoms with Crippen molar-refractivity contribution in [3.05, 3.63) is 0 Å². The Morgan fingerprint density at radius 2 is 2.00 bits per heavy atom. The van der Waals surface area contributed by atoms with Crippen LogP contribution in [0.2, 0.25) is 0 Å². The fourth-order valence-corrected chi connectivity index (χ4v) is 1.52. The van der Waals surface area contributed by atoms with E-state index >= 15 is 0 Å². The number of hydrogen-bond donors (Lipinski definition) is 1. The van der Waals surface area contributed by atoms with Gasteiger partial charge in [-0.2, -0.15) is 0 Å². The van der Waals surface area contributed by atoms with E-state index in [1.165, 1.54) is 32.1 Å². The highest BCUT2D eigenvalue weighted by Crippen LogP contribution is 2.19. The predicted octanol–water partition coefficient (Wildman–Crippen LogP) is 1.68. The topological polar surface area (TPSA) is 35.2 Å². The monoisotopic (exact) mass is 157 g/mol. The van der Waals surface area contributed by atoms with Gasteiger partial charge in [0, 0.05) is 6.04 Å². The van der Waals surface area contributed by atoms with Gasteiger partial charge in [0.25, 0.3) is 0 Å². The molecule has 0 aromatic rings. The Bertz CT molecular complexity index is 97.7. The molecule has 0 saturated heterocycles. The molecule has 1 unspecified atom stereocenters. The lowest BCUT2D eigenvalue weighted by Crippen LogP contribution is -2.27. The fraction of sp³-hybridized carbons (Fsp3) is 1.00. The second kappa shape index (κ2) is 4.73. The van der Waals surface area contributed by atoms with Gasteiger partial charge in [-0.15, -0.1) is 0 Å². The molecule has 0 amide bonds. The van der Waals surface area contributed by atoms with Gasteiger partial charge in [-0.25, -0.2) is 0 Å². The van der Waals surface area contributed by atoms with E-state index in [2.05, 4.69) is 0 Å². The van der Waals surface area contributed by atoms with Crippen molar-refractivity contribution in [2.45, 2.75) is 51.2 Å². The van der Waals surface area contributed by atoms with Crippen LogP contribution in [-0.4, -0.2) is 18.8 Å². The molecule has 2 nitrogen and oxygen atoms in total. The molecular weight excluding hydrogens is 138 g/mol. The van der Waals surface area contributed by atoms with Crippen LogP contribution in [0.3, 0.4) is 0 Å². The molecule has 0 spiro atoms. The van der Waals surface area contributed by atoms with E-state index in [1.807, 2.05) is 6.92 Å². The van der Waals surface area contributed by atoms with Crippen LogP contribution in [-0.2, 0) is 4.74 Å². The first-order chi connectivity index (χ1) is 5.29. The summed E-state index contributed by atoms with van der Waals surface area (Å²) in [4.78, 5) is 0. The molecule has 0 aromatic carbocycles. The zero-order chi connectivity index (χ0) is 8.10. The molecule has 0 aliphatic heterocycles. The summed E-state index contributed by atoms with van der Waals surface area (Å²) in [5, 5.41) is 0. The van der Waals surface area contributed by atoms with Crippen LogP contribution in [0.5, 0.6) is 0 Å². The van der Waals surface area contributed by atoms with Gasteiger partial charge < -0.3 is 10.5 Å². The van der Waals surface area contributed by atoms with Crippen LogP contribution in [0.15, 0.2) is 0 Å². The van der Waals surface area contributed by atoms with Crippen LogP contribution < -0.4 is 5.73 Å². The fourth-order valence-electron chi connectivity index (χ4n) is 1.52. The van der Waals surface area contributed by atoms with Crippen molar-refractivity contribution in [2.24, 2.45) is 5.73 Å². The van der Waals surface area contributed by atoms with E-state index in [-0.39, 0.29) is 6.04 Å². The van der Waals surface area contributed by atoms with Crippen molar-refractivity contribution in [2.75, 3.05) is 6.61 Å². The van der Waals surface area contributed by atoms with E-state index in [0.29, 0.717) is 6.10 Å². The molecule has 0 aromatic heterocycles. The maximum Gasteiger partial charge on any atom is 0.0618 e. The molecule has 0 heterocycles. The Hall–Kier alpha value is -0.0800. The first kappa shape index (κ1) is 9.01. The quantitative estimate of drug-likeness (QED) is 0.676. The summed E-state index contributed by atoms with van der Waals surface area (Å²) in [6.45, 7) is 2.72. The molecule has 0 radical (unpaired) electrons. The second-order valence-electron chi connectivity index (χ2n) is 3.57. The Morgan fingerprint density at radius 1 is 1.36 bits per heavy atom. The van der Waals surface area contributed by atoms with E-state index in [9.17, 15) is 0 Å². The Labute approximate surface area is 69.1 Å². The number of ether oxygens (including phenoxy) is 1. The smallest absolute Gasteiger partial charge is 0.0618 e. The lowest BCUT2D eigenvalue weighted by Gasteiger charge is -2.22. The third kappa shape index (κ3) is 3.73. The van der Waals surface area contributed by atoms with Gasteiger partial charge in [0.1, 0.15) is 0 Å². The van der Waals surface area contributed by atoms with Gasteiger partial charge >= 0.3 is 0 Å². The molecule has 1 atom stereocenters. The average Bonchev–Trinajstić information content (AvgIpc) is 2.03. The SMILES string of the molecule is CC(N)COC1CCCCC1. The van der Waals surface area contributed by atoms with Crippen molar-refractivity contribution in [1.29, 1.82) is 0 Å². The summed E-state index contributed by atoms with van der Waals surface area (Å²) >= 11 is 0. The van der Waals surface area contributed by atoms with Crippen molar-refractivity contribution < 1.29 is 4.74 Å². The van der Waals surface area contributed by atoms with E-state index in [4.69, 9.17) is 10.5 Å². The maximum atomic E-state index is 5.62. The molecule has 66 valence electrons. The minimum absolute atomic E-state index is 0.192. The summed E-state index contributed by atoms with van der Waals surface area (Å²) in [6, 6.07) is 0.192. The highest BCUT2D eigenvalue weighted by molar-refractivity contribution is 4.65. The number of rotatable bonds is 3. The average molecular weight is 157 g/mol. The van der Waals surface area contributed by atoms with Gasteiger partial charge in [-0.05, 0) is 19.8 Å². The molecule has 11 heavy (non-hydrogen) atoms. The van der Waals surface area contributed by atoms with Crippen LogP contribution in [0.1, 0.15) is 39.0 Å². The lowest BCUT2D eigenvalue weighted by atomic mass is 9.98. The summed E-state index contributed by atoms with van der Waals surface area (Å²) in [5.41, 5.74) is 5.58. The molecule has 2 heteroatoms. The highest BCUT2D eigenvalue weighted by Gasteiger charge is 2.13. The van der Waals surface area contributed by atoms with Crippen molar-refractivity contribution in [3.63, 3.8) is 0 Å². The first-order valence-electron chi connectivity index (χ1n) is 4.66. The Morgan fingerprint density at radius 3 is 2.55 bits per heavy atom. The molecule has 1 aliphatic carbocycles. The first-order valence-corrected chi connectivity index (χ1v) is 4.66. The molecule has 1 fully saturated rings. The zero-order valence-electron chi connectivity index (χ0n) is 7.38. The third-order valence-electron chi connectivity index (χ3n) is 2.15. The predicted molar refractivity (Wildman–Crippen MR) is 46.5 cm³/mol. The lowest BCUT2D eigenvalue weighted by molar-refractivity contribution is 0.0229. The minimum atomic E-state index is 0.192. The molecule has 2 N–H and O–H groups in total. The van der Waals surface area contributed by atoms with Gasteiger partial charge in [0.05, 0.1) is 12.7 Å². The van der Waals surface area contributed by atoms with Crippen molar-refractivity contribution in [1.82, 2.24) is 0 Å². The van der Waals surface area contributed by atoms with Gasteiger partial charge in [-0.3, -0.25) is 0 Å². The van der Waals surface area contributed by atoms with Crippen LogP contribution in [0.4, 0.5) is 0 Å². The van der Waals surface area contributed by atoms with E-state index < -0.39 is 0 Å². The Kier molecular flexibility index (Phi) is 3.87. The summed E-state index contributed by atoms with van der Waals surface area (Å²) in [6.07, 6.45) is 7.06. The third-order valence-corrected chi connectivity index (χ3v) is 2.15. The largest absolute Gasteiger partial charge is 0.377 e. The minimum Gasteiger partial charge on any atom is -0.377 e. The van der Waals surface area contributed by atoms with Gasteiger partial charge in [0.15, 0.2) is 0 Å². The second-order valence-corrected chi connectivity index (χ2v) is 3.57. The van der Waals surface area contributed by atoms with E-state index in [1.54, 1.807) is 0 Å². The standard InChI is InChI=1S/C9H19NO/c1-8(10)7-11-9-5-3-2-4-6-9/h8-9H,2-7,10H2,1H3. The highest BCUT2D eigenvalue weighted by atomic mass is 16.5. The van der Waals surface area contributed by atoms with Gasteiger partial charge in [-0.1, -0.05) is 19.3 Å². The number of nitrogens with two attached hydrogens (primary N) is 1. The number of hydrogen-bond acceptors (Lipinski definition) is 2. The molecular formula is C9H19NO. The van der Waals surface area contributed by atoms with Crippen molar-refractivity contribution in [3.8, 4) is 0 Å². The van der Waals surface area contributed by atoms with Crippen LogP contribution >= 0.6 is 0 Å². The molecule has 0 bridgehead atoms. The summed E-state index contributed by atoms with van der Waals surface area (Å²) < 4.78 is 5.62.